The summed E-state index contributed by atoms with van der Waals surface area (Å²) in [7, 11) is 0. The lowest BCUT2D eigenvalue weighted by atomic mass is 10.4. The molecule has 2 rings (SSSR count). The second-order valence-electron chi connectivity index (χ2n) is 3.07. The number of aromatic nitrogens is 2. The molecule has 0 unspecified atom stereocenters. The van der Waals surface area contributed by atoms with Crippen LogP contribution in [0, 0.1) is 0 Å². The third kappa shape index (κ3) is 2.46. The minimum Gasteiger partial charge on any atom is -0.482 e. The van der Waals surface area contributed by atoms with Gasteiger partial charge in [-0.3, -0.25) is 0 Å². The van der Waals surface area contributed by atoms with Crippen molar-refractivity contribution in [2.24, 2.45) is 0 Å². The molecular formula is C9H6BrF3N2O. The SMILES string of the molecule is FC(F)(F)COc1cccn2nc(Br)cc12. The van der Waals surface area contributed by atoms with E-state index in [1.165, 1.54) is 10.6 Å². The molecule has 3 nitrogen and oxygen atoms in total. The van der Waals surface area contributed by atoms with Gasteiger partial charge in [-0.05, 0) is 28.1 Å². The molecule has 0 aliphatic heterocycles. The highest BCUT2D eigenvalue weighted by molar-refractivity contribution is 9.10. The van der Waals surface area contributed by atoms with E-state index in [2.05, 4.69) is 21.0 Å². The van der Waals surface area contributed by atoms with Crippen LogP contribution in [0.5, 0.6) is 5.75 Å². The van der Waals surface area contributed by atoms with Gasteiger partial charge >= 0.3 is 6.18 Å². The van der Waals surface area contributed by atoms with Crippen LogP contribution in [-0.4, -0.2) is 22.4 Å². The first-order valence-electron chi connectivity index (χ1n) is 4.29. The van der Waals surface area contributed by atoms with Crippen LogP contribution in [-0.2, 0) is 0 Å². The highest BCUT2D eigenvalue weighted by atomic mass is 79.9. The number of alkyl halides is 3. The molecule has 2 heterocycles. The average Bonchev–Trinajstić information content (AvgIpc) is 2.54. The smallest absolute Gasteiger partial charge is 0.422 e. The van der Waals surface area contributed by atoms with E-state index in [0.717, 1.165) is 0 Å². The van der Waals surface area contributed by atoms with Crippen molar-refractivity contribution in [1.82, 2.24) is 9.61 Å². The molecule has 86 valence electrons. The van der Waals surface area contributed by atoms with Gasteiger partial charge in [0.25, 0.3) is 0 Å². The van der Waals surface area contributed by atoms with Crippen LogP contribution in [0.4, 0.5) is 13.2 Å². The third-order valence-electron chi connectivity index (χ3n) is 1.82. The number of hydrogen-bond acceptors (Lipinski definition) is 2. The second kappa shape index (κ2) is 3.97. The lowest BCUT2D eigenvalue weighted by molar-refractivity contribution is -0.153. The van der Waals surface area contributed by atoms with Gasteiger partial charge in [0.05, 0.1) is 0 Å². The maximum Gasteiger partial charge on any atom is 0.422 e. The van der Waals surface area contributed by atoms with Gasteiger partial charge < -0.3 is 4.74 Å². The molecule has 16 heavy (non-hydrogen) atoms. The van der Waals surface area contributed by atoms with E-state index in [9.17, 15) is 13.2 Å². The van der Waals surface area contributed by atoms with E-state index in [1.807, 2.05) is 0 Å². The number of fused-ring (bicyclic) bond motifs is 1. The molecule has 0 aliphatic rings. The van der Waals surface area contributed by atoms with E-state index in [1.54, 1.807) is 18.3 Å². The van der Waals surface area contributed by atoms with Gasteiger partial charge in [-0.2, -0.15) is 18.3 Å². The lowest BCUT2D eigenvalue weighted by Crippen LogP contribution is -2.19. The molecule has 2 aromatic rings. The molecule has 0 radical (unpaired) electrons. The fraction of sp³-hybridized carbons (Fsp3) is 0.222. The van der Waals surface area contributed by atoms with Crippen LogP contribution in [0.2, 0.25) is 0 Å². The Bertz CT molecular complexity index is 509. The molecule has 0 N–H and O–H groups in total. The number of nitrogens with zero attached hydrogens (tertiary/aromatic N) is 2. The van der Waals surface area contributed by atoms with Gasteiger partial charge in [-0.1, -0.05) is 0 Å². The molecular weight excluding hydrogens is 289 g/mol. The molecule has 0 fully saturated rings. The van der Waals surface area contributed by atoms with E-state index >= 15 is 0 Å². The number of ether oxygens (including phenoxy) is 1. The maximum absolute atomic E-state index is 12.0. The number of hydrogen-bond donors (Lipinski definition) is 0. The van der Waals surface area contributed by atoms with Crippen molar-refractivity contribution in [3.63, 3.8) is 0 Å². The molecule has 0 atom stereocenters. The Morgan fingerprint density at radius 3 is 2.88 bits per heavy atom. The molecule has 0 amide bonds. The molecule has 0 spiro atoms. The monoisotopic (exact) mass is 294 g/mol. The summed E-state index contributed by atoms with van der Waals surface area (Å²) in [5, 5.41) is 3.99. The maximum atomic E-state index is 12.0. The summed E-state index contributed by atoms with van der Waals surface area (Å²) in [6, 6.07) is 4.62. The number of pyridine rings is 1. The molecule has 0 aromatic carbocycles. The summed E-state index contributed by atoms with van der Waals surface area (Å²) in [6.45, 7) is -1.31. The predicted octanol–water partition coefficient (Wildman–Crippen LogP) is 3.04. The van der Waals surface area contributed by atoms with E-state index < -0.39 is 12.8 Å². The Morgan fingerprint density at radius 2 is 2.19 bits per heavy atom. The Morgan fingerprint density at radius 1 is 1.44 bits per heavy atom. The Balaban J connectivity index is 2.30. The molecule has 0 bridgehead atoms. The first-order chi connectivity index (χ1) is 7.46. The van der Waals surface area contributed by atoms with Crippen molar-refractivity contribution >= 4 is 21.4 Å². The number of rotatable bonds is 2. The molecule has 2 aromatic heterocycles. The normalized spacial score (nSPS) is 12.0. The van der Waals surface area contributed by atoms with Gasteiger partial charge in [0.1, 0.15) is 15.9 Å². The first-order valence-corrected chi connectivity index (χ1v) is 5.08. The van der Waals surface area contributed by atoms with Crippen LogP contribution < -0.4 is 4.74 Å². The van der Waals surface area contributed by atoms with Gasteiger partial charge in [-0.15, -0.1) is 0 Å². The Labute approximate surface area is 96.9 Å². The zero-order valence-electron chi connectivity index (χ0n) is 7.83. The Hall–Kier alpha value is -1.24. The van der Waals surface area contributed by atoms with Gasteiger partial charge in [0.15, 0.2) is 6.61 Å². The van der Waals surface area contributed by atoms with Crippen molar-refractivity contribution in [2.75, 3.05) is 6.61 Å². The summed E-state index contributed by atoms with van der Waals surface area (Å²) < 4.78 is 42.6. The summed E-state index contributed by atoms with van der Waals surface area (Å²) in [6.07, 6.45) is -2.72. The van der Waals surface area contributed by atoms with Gasteiger partial charge in [0.2, 0.25) is 0 Å². The van der Waals surface area contributed by atoms with Crippen molar-refractivity contribution in [3.05, 3.63) is 29.0 Å². The van der Waals surface area contributed by atoms with Crippen LogP contribution in [0.25, 0.3) is 5.52 Å². The number of halogens is 4. The van der Waals surface area contributed by atoms with Gasteiger partial charge in [0, 0.05) is 12.3 Å². The molecule has 0 saturated heterocycles. The fourth-order valence-electron chi connectivity index (χ4n) is 1.24. The summed E-state index contributed by atoms with van der Waals surface area (Å²) in [5.74, 6) is 0.151. The quantitative estimate of drug-likeness (QED) is 0.851. The molecule has 7 heteroatoms. The highest BCUT2D eigenvalue weighted by Crippen LogP contribution is 2.24. The van der Waals surface area contributed by atoms with Gasteiger partial charge in [-0.25, -0.2) is 4.52 Å². The third-order valence-corrected chi connectivity index (χ3v) is 2.21. The molecule has 0 aliphatic carbocycles. The minimum atomic E-state index is -4.34. The lowest BCUT2D eigenvalue weighted by Gasteiger charge is -2.09. The van der Waals surface area contributed by atoms with Crippen molar-refractivity contribution in [3.8, 4) is 5.75 Å². The first kappa shape index (κ1) is 11.3. The van der Waals surface area contributed by atoms with Crippen LogP contribution >= 0.6 is 15.9 Å². The molecule has 0 saturated carbocycles. The Kier molecular flexibility index (Phi) is 2.79. The largest absolute Gasteiger partial charge is 0.482 e. The summed E-state index contributed by atoms with van der Waals surface area (Å²) in [4.78, 5) is 0. The average molecular weight is 295 g/mol. The second-order valence-corrected chi connectivity index (χ2v) is 3.89. The minimum absolute atomic E-state index is 0.151. The standard InChI is InChI=1S/C9H6BrF3N2O/c10-8-4-6-7(16-5-9(11,12)13)2-1-3-15(6)14-8/h1-4H,5H2. The topological polar surface area (TPSA) is 26.5 Å². The predicted molar refractivity (Wildman–Crippen MR) is 54.4 cm³/mol. The van der Waals surface area contributed by atoms with Crippen LogP contribution in [0.15, 0.2) is 29.0 Å². The van der Waals surface area contributed by atoms with E-state index in [4.69, 9.17) is 4.74 Å². The van der Waals surface area contributed by atoms with Crippen LogP contribution in [0.3, 0.4) is 0 Å². The fourth-order valence-corrected chi connectivity index (χ4v) is 1.63. The van der Waals surface area contributed by atoms with Crippen molar-refractivity contribution in [1.29, 1.82) is 0 Å². The van der Waals surface area contributed by atoms with Crippen molar-refractivity contribution in [2.45, 2.75) is 6.18 Å². The van der Waals surface area contributed by atoms with Crippen LogP contribution in [0.1, 0.15) is 0 Å². The zero-order valence-corrected chi connectivity index (χ0v) is 9.42. The summed E-state index contributed by atoms with van der Waals surface area (Å²) in [5.41, 5.74) is 0.485. The summed E-state index contributed by atoms with van der Waals surface area (Å²) >= 11 is 3.14. The van der Waals surface area contributed by atoms with E-state index in [-0.39, 0.29) is 5.75 Å². The highest BCUT2D eigenvalue weighted by Gasteiger charge is 2.28. The van der Waals surface area contributed by atoms with E-state index in [0.29, 0.717) is 10.1 Å². The van der Waals surface area contributed by atoms with Crippen molar-refractivity contribution < 1.29 is 17.9 Å². The zero-order chi connectivity index (χ0) is 11.8.